The summed E-state index contributed by atoms with van der Waals surface area (Å²) >= 11 is 0. The average molecular weight is 289 g/mol. The van der Waals surface area contributed by atoms with Gasteiger partial charge in [0.15, 0.2) is 0 Å². The fraction of sp³-hybridized carbons (Fsp3) is 0.643. The number of hydrogen-bond donors (Lipinski definition) is 2. The number of nitrogens with two attached hydrogens (primary N) is 1. The quantitative estimate of drug-likeness (QED) is 0.656. The van der Waals surface area contributed by atoms with Gasteiger partial charge in [0.05, 0.1) is 5.56 Å². The van der Waals surface area contributed by atoms with Crippen molar-refractivity contribution in [1.82, 2.24) is 10.4 Å². The van der Waals surface area contributed by atoms with Crippen LogP contribution in [0.25, 0.3) is 0 Å². The van der Waals surface area contributed by atoms with Gasteiger partial charge in [-0.2, -0.15) is 13.2 Å². The molecule has 114 valence electrons. The van der Waals surface area contributed by atoms with Gasteiger partial charge in [0.25, 0.3) is 0 Å². The summed E-state index contributed by atoms with van der Waals surface area (Å²) in [5, 5.41) is 0. The lowest BCUT2D eigenvalue weighted by atomic mass is 9.77. The number of halogens is 3. The number of hydrogen-bond acceptors (Lipinski definition) is 3. The van der Waals surface area contributed by atoms with E-state index in [9.17, 15) is 13.2 Å². The largest absolute Gasteiger partial charge is 0.416 e. The minimum atomic E-state index is -4.40. The lowest BCUT2D eigenvalue weighted by Gasteiger charge is -2.31. The molecule has 0 aliphatic rings. The lowest BCUT2D eigenvalue weighted by Crippen LogP contribution is -2.33. The summed E-state index contributed by atoms with van der Waals surface area (Å²) in [5.41, 5.74) is 1.90. The Hall–Kier alpha value is -1.14. The highest BCUT2D eigenvalue weighted by atomic mass is 19.4. The molecule has 3 N–H and O–H groups in total. The van der Waals surface area contributed by atoms with E-state index in [1.807, 2.05) is 6.92 Å². The highest BCUT2D eigenvalue weighted by Crippen LogP contribution is 2.38. The summed E-state index contributed by atoms with van der Waals surface area (Å²) in [4.78, 5) is 3.80. The molecule has 0 saturated carbocycles. The third kappa shape index (κ3) is 4.18. The summed E-state index contributed by atoms with van der Waals surface area (Å²) in [6.07, 6.45) is -1.51. The van der Waals surface area contributed by atoms with Gasteiger partial charge in [-0.15, -0.1) is 0 Å². The van der Waals surface area contributed by atoms with Crippen molar-refractivity contribution < 1.29 is 13.2 Å². The first kappa shape index (κ1) is 16.9. The van der Waals surface area contributed by atoms with Crippen molar-refractivity contribution >= 4 is 0 Å². The van der Waals surface area contributed by atoms with Crippen LogP contribution in [-0.2, 0) is 6.18 Å². The number of nitrogens with one attached hydrogen (secondary N) is 1. The van der Waals surface area contributed by atoms with Gasteiger partial charge in [0.2, 0.25) is 0 Å². The number of nitrogens with zero attached hydrogens (tertiary/aromatic N) is 1. The van der Waals surface area contributed by atoms with Gasteiger partial charge in [-0.1, -0.05) is 27.7 Å². The maximum Gasteiger partial charge on any atom is 0.416 e. The first-order valence-electron chi connectivity index (χ1n) is 6.54. The van der Waals surface area contributed by atoms with E-state index in [4.69, 9.17) is 5.84 Å². The van der Waals surface area contributed by atoms with Crippen molar-refractivity contribution in [3.63, 3.8) is 0 Å². The van der Waals surface area contributed by atoms with Crippen molar-refractivity contribution in [3.05, 3.63) is 29.6 Å². The molecule has 2 unspecified atom stereocenters. The van der Waals surface area contributed by atoms with E-state index in [0.29, 0.717) is 6.42 Å². The molecule has 1 heterocycles. The summed E-state index contributed by atoms with van der Waals surface area (Å²) < 4.78 is 39.1. The van der Waals surface area contributed by atoms with E-state index in [-0.39, 0.29) is 16.9 Å². The molecule has 0 aliphatic heterocycles. The number of alkyl halides is 3. The van der Waals surface area contributed by atoms with Gasteiger partial charge < -0.3 is 0 Å². The van der Waals surface area contributed by atoms with Crippen LogP contribution in [0.4, 0.5) is 13.2 Å². The van der Waals surface area contributed by atoms with Crippen LogP contribution in [-0.4, -0.2) is 4.98 Å². The average Bonchev–Trinajstić information content (AvgIpc) is 2.33. The SMILES string of the molecule is CC(CC(NN)c1cnccc1C(F)(F)F)C(C)(C)C. The molecule has 6 heteroatoms. The Morgan fingerprint density at radius 2 is 1.90 bits per heavy atom. The number of rotatable bonds is 4. The standard InChI is InChI=1S/C14H22F3N3/c1-9(13(2,3)4)7-12(20-18)10-8-19-6-5-11(10)14(15,16)17/h5-6,8-9,12,20H,7,18H2,1-4H3. The topological polar surface area (TPSA) is 50.9 Å². The molecule has 0 aliphatic carbocycles. The Balaban J connectivity index is 3.08. The molecule has 3 nitrogen and oxygen atoms in total. The summed E-state index contributed by atoms with van der Waals surface area (Å²) in [6, 6.07) is 0.413. The van der Waals surface area contributed by atoms with E-state index in [1.165, 1.54) is 6.20 Å². The van der Waals surface area contributed by atoms with Crippen LogP contribution in [0.1, 0.15) is 51.3 Å². The van der Waals surface area contributed by atoms with Crippen LogP contribution in [0.15, 0.2) is 18.5 Å². The molecule has 0 fully saturated rings. The first-order valence-corrected chi connectivity index (χ1v) is 6.54. The second-order valence-electron chi connectivity index (χ2n) is 6.18. The molecule has 2 atom stereocenters. The van der Waals surface area contributed by atoms with Crippen LogP contribution >= 0.6 is 0 Å². The van der Waals surface area contributed by atoms with Crippen LogP contribution in [0.2, 0.25) is 0 Å². The number of aromatic nitrogens is 1. The van der Waals surface area contributed by atoms with Gasteiger partial charge in [0, 0.05) is 24.0 Å². The molecule has 0 radical (unpaired) electrons. The van der Waals surface area contributed by atoms with Gasteiger partial charge in [-0.25, -0.2) is 0 Å². The van der Waals surface area contributed by atoms with Gasteiger partial charge in [0.1, 0.15) is 0 Å². The van der Waals surface area contributed by atoms with Crippen molar-refractivity contribution in [2.75, 3.05) is 0 Å². The number of hydrazine groups is 1. The van der Waals surface area contributed by atoms with E-state index >= 15 is 0 Å². The Morgan fingerprint density at radius 1 is 1.30 bits per heavy atom. The van der Waals surface area contributed by atoms with Crippen molar-refractivity contribution in [3.8, 4) is 0 Å². The van der Waals surface area contributed by atoms with Gasteiger partial charge in [-0.05, 0) is 23.8 Å². The predicted molar refractivity (Wildman–Crippen MR) is 72.5 cm³/mol. The molecule has 1 rings (SSSR count). The van der Waals surface area contributed by atoms with Crippen LogP contribution in [0.3, 0.4) is 0 Å². The molecule has 0 amide bonds. The maximum absolute atomic E-state index is 13.0. The smallest absolute Gasteiger partial charge is 0.271 e. The minimum absolute atomic E-state index is 0.00426. The minimum Gasteiger partial charge on any atom is -0.271 e. The lowest BCUT2D eigenvalue weighted by molar-refractivity contribution is -0.138. The van der Waals surface area contributed by atoms with Crippen LogP contribution in [0, 0.1) is 11.3 Å². The summed E-state index contributed by atoms with van der Waals surface area (Å²) in [6.45, 7) is 8.17. The fourth-order valence-corrected chi connectivity index (χ4v) is 1.93. The zero-order valence-corrected chi connectivity index (χ0v) is 12.3. The van der Waals surface area contributed by atoms with E-state index in [2.05, 4.69) is 31.2 Å². The Morgan fingerprint density at radius 3 is 2.35 bits per heavy atom. The molecule has 0 saturated heterocycles. The molecule has 1 aromatic heterocycles. The van der Waals surface area contributed by atoms with Crippen LogP contribution < -0.4 is 11.3 Å². The Bertz CT molecular complexity index is 438. The molecule has 0 bridgehead atoms. The highest BCUT2D eigenvalue weighted by molar-refractivity contribution is 5.29. The van der Waals surface area contributed by atoms with E-state index in [0.717, 1.165) is 12.3 Å². The first-order chi connectivity index (χ1) is 9.07. The fourth-order valence-electron chi connectivity index (χ4n) is 1.93. The van der Waals surface area contributed by atoms with Gasteiger partial charge >= 0.3 is 6.18 Å². The Kier molecular flexibility index (Phi) is 5.15. The van der Waals surface area contributed by atoms with Gasteiger partial charge in [-0.3, -0.25) is 16.3 Å². The third-order valence-corrected chi connectivity index (χ3v) is 3.80. The Labute approximate surface area is 117 Å². The molecule has 0 aromatic carbocycles. The molecular weight excluding hydrogens is 267 g/mol. The third-order valence-electron chi connectivity index (χ3n) is 3.80. The molecule has 0 spiro atoms. The zero-order chi connectivity index (χ0) is 15.6. The summed E-state index contributed by atoms with van der Waals surface area (Å²) in [7, 11) is 0. The van der Waals surface area contributed by atoms with E-state index in [1.54, 1.807) is 0 Å². The molecule has 20 heavy (non-hydrogen) atoms. The molecular formula is C14H22F3N3. The summed E-state index contributed by atoms with van der Waals surface area (Å²) in [5.74, 6) is 5.66. The zero-order valence-electron chi connectivity index (χ0n) is 12.3. The van der Waals surface area contributed by atoms with Crippen molar-refractivity contribution in [2.24, 2.45) is 17.2 Å². The monoisotopic (exact) mass is 289 g/mol. The van der Waals surface area contributed by atoms with Crippen LogP contribution in [0.5, 0.6) is 0 Å². The predicted octanol–water partition coefficient (Wildman–Crippen LogP) is 3.68. The maximum atomic E-state index is 13.0. The highest BCUT2D eigenvalue weighted by Gasteiger charge is 2.36. The van der Waals surface area contributed by atoms with Crippen molar-refractivity contribution in [2.45, 2.75) is 46.3 Å². The molecule has 1 aromatic rings. The second-order valence-corrected chi connectivity index (χ2v) is 6.18. The van der Waals surface area contributed by atoms with Crippen molar-refractivity contribution in [1.29, 1.82) is 0 Å². The second kappa shape index (κ2) is 6.10. The number of pyridine rings is 1. The normalized spacial score (nSPS) is 16.0. The van der Waals surface area contributed by atoms with E-state index < -0.39 is 17.8 Å².